The fourth-order valence-electron chi connectivity index (χ4n) is 0.831. The lowest BCUT2D eigenvalue weighted by Crippen LogP contribution is -2.19. The summed E-state index contributed by atoms with van der Waals surface area (Å²) >= 11 is 0. The summed E-state index contributed by atoms with van der Waals surface area (Å²) in [6.45, 7) is 0. The van der Waals surface area contributed by atoms with E-state index in [0.717, 1.165) is 6.07 Å². The number of nitrogens with two attached hydrogens (primary N) is 2. The van der Waals surface area contributed by atoms with E-state index in [4.69, 9.17) is 16.7 Å². The fourth-order valence-corrected chi connectivity index (χ4v) is 0.831. The van der Waals surface area contributed by atoms with Crippen LogP contribution in [0.15, 0.2) is 6.07 Å². The highest BCUT2D eigenvalue weighted by Gasteiger charge is 2.33. The Morgan fingerprint density at radius 1 is 1.40 bits per heavy atom. The molecular formula is C7H5F3N4O. The van der Waals surface area contributed by atoms with Crippen LogP contribution >= 0.6 is 0 Å². The molecule has 1 heterocycles. The van der Waals surface area contributed by atoms with Gasteiger partial charge in [-0.2, -0.15) is 10.2 Å². The third-order valence-corrected chi connectivity index (χ3v) is 1.38. The van der Waals surface area contributed by atoms with Crippen LogP contribution in [0.3, 0.4) is 0 Å². The molecule has 8 heteroatoms. The van der Waals surface area contributed by atoms with E-state index in [1.807, 2.05) is 0 Å². The molecule has 0 aliphatic heterocycles. The molecule has 0 aromatic carbocycles. The largest absolute Gasteiger partial charge is 0.574 e. The summed E-state index contributed by atoms with van der Waals surface area (Å²) in [6, 6.07) is 2.62. The Kier molecular flexibility index (Phi) is 2.57. The maximum Gasteiger partial charge on any atom is 0.574 e. The van der Waals surface area contributed by atoms with Crippen LogP contribution < -0.4 is 16.2 Å². The summed E-state index contributed by atoms with van der Waals surface area (Å²) in [7, 11) is 0. The number of anilines is 2. The number of nitrogens with zero attached hydrogens (tertiary/aromatic N) is 2. The van der Waals surface area contributed by atoms with Gasteiger partial charge < -0.3 is 16.2 Å². The van der Waals surface area contributed by atoms with Crippen molar-refractivity contribution in [3.05, 3.63) is 11.6 Å². The number of alkyl halides is 3. The van der Waals surface area contributed by atoms with Crippen LogP contribution in [0.5, 0.6) is 5.88 Å². The van der Waals surface area contributed by atoms with Gasteiger partial charge in [-0.3, -0.25) is 0 Å². The van der Waals surface area contributed by atoms with Gasteiger partial charge in [0.05, 0.1) is 5.56 Å². The summed E-state index contributed by atoms with van der Waals surface area (Å²) < 4.78 is 39.0. The minimum Gasteiger partial charge on any atom is -0.393 e. The zero-order valence-electron chi connectivity index (χ0n) is 7.17. The second-order valence-electron chi connectivity index (χ2n) is 2.47. The predicted octanol–water partition coefficient (Wildman–Crippen LogP) is 1.02. The van der Waals surface area contributed by atoms with Gasteiger partial charge in [-0.05, 0) is 0 Å². The molecule has 5 nitrogen and oxygen atoms in total. The Morgan fingerprint density at radius 3 is 2.47 bits per heavy atom. The standard InChI is InChI=1S/C7H5F3N4O/c8-7(9,10)15-6-5(13)3(2-11)1-4(12)14-6/h1H,13H2,(H2,12,14). The van der Waals surface area contributed by atoms with Crippen LogP contribution in [0.1, 0.15) is 5.56 Å². The molecule has 0 fully saturated rings. The van der Waals surface area contributed by atoms with Crippen molar-refractivity contribution in [1.82, 2.24) is 4.98 Å². The number of nitriles is 1. The van der Waals surface area contributed by atoms with E-state index in [2.05, 4.69) is 9.72 Å². The number of hydrogen-bond acceptors (Lipinski definition) is 5. The Balaban J connectivity index is 3.20. The number of rotatable bonds is 1. The zero-order valence-corrected chi connectivity index (χ0v) is 7.17. The van der Waals surface area contributed by atoms with E-state index >= 15 is 0 Å². The highest BCUT2D eigenvalue weighted by atomic mass is 19.4. The lowest BCUT2D eigenvalue weighted by molar-refractivity contribution is -0.275. The summed E-state index contributed by atoms with van der Waals surface area (Å²) in [5, 5.41) is 8.52. The highest BCUT2D eigenvalue weighted by Crippen LogP contribution is 2.29. The molecular weight excluding hydrogens is 213 g/mol. The van der Waals surface area contributed by atoms with Crippen LogP contribution in [-0.4, -0.2) is 11.3 Å². The maximum absolute atomic E-state index is 11.8. The van der Waals surface area contributed by atoms with Crippen LogP contribution in [0.4, 0.5) is 24.7 Å². The Hall–Kier alpha value is -2.17. The quantitative estimate of drug-likeness (QED) is 0.733. The molecule has 80 valence electrons. The Morgan fingerprint density at radius 2 is 2.00 bits per heavy atom. The molecule has 1 aromatic heterocycles. The molecule has 0 spiro atoms. The molecule has 1 aromatic rings. The molecule has 0 aliphatic rings. The minimum absolute atomic E-state index is 0.221. The third-order valence-electron chi connectivity index (χ3n) is 1.38. The van der Waals surface area contributed by atoms with Gasteiger partial charge in [0.1, 0.15) is 17.6 Å². The number of halogens is 3. The Bertz CT molecular complexity index is 423. The molecule has 0 amide bonds. The average molecular weight is 218 g/mol. The summed E-state index contributed by atoms with van der Waals surface area (Å²) in [5.74, 6) is -1.20. The van der Waals surface area contributed by atoms with E-state index < -0.39 is 17.9 Å². The number of pyridine rings is 1. The van der Waals surface area contributed by atoms with Crippen LogP contribution in [0.25, 0.3) is 0 Å². The molecule has 1 rings (SSSR count). The topological polar surface area (TPSA) is 98.0 Å². The van der Waals surface area contributed by atoms with Crippen molar-refractivity contribution in [1.29, 1.82) is 5.26 Å². The maximum atomic E-state index is 11.8. The van der Waals surface area contributed by atoms with Gasteiger partial charge in [0.15, 0.2) is 0 Å². The second kappa shape index (κ2) is 3.53. The molecule has 4 N–H and O–H groups in total. The SMILES string of the molecule is N#Cc1cc(N)nc(OC(F)(F)F)c1N. The van der Waals surface area contributed by atoms with Crippen LogP contribution in [0, 0.1) is 11.3 Å². The first-order valence-corrected chi connectivity index (χ1v) is 3.55. The van der Waals surface area contributed by atoms with Gasteiger partial charge in [-0.1, -0.05) is 0 Å². The smallest absolute Gasteiger partial charge is 0.393 e. The molecule has 0 unspecified atom stereocenters. The van der Waals surface area contributed by atoms with E-state index in [9.17, 15) is 13.2 Å². The molecule has 0 radical (unpaired) electrons. The second-order valence-corrected chi connectivity index (χ2v) is 2.47. The third kappa shape index (κ3) is 2.63. The van der Waals surface area contributed by atoms with E-state index in [1.54, 1.807) is 6.07 Å². The Labute approximate surface area is 82.1 Å². The van der Waals surface area contributed by atoms with Gasteiger partial charge in [0.2, 0.25) is 5.88 Å². The fraction of sp³-hybridized carbons (Fsp3) is 0.143. The number of ether oxygens (including phenoxy) is 1. The van der Waals surface area contributed by atoms with Gasteiger partial charge in [-0.25, -0.2) is 0 Å². The summed E-state index contributed by atoms with van der Waals surface area (Å²) in [6.07, 6.45) is -4.93. The summed E-state index contributed by atoms with van der Waals surface area (Å²) in [4.78, 5) is 3.23. The molecule has 0 aliphatic carbocycles. The molecule has 0 saturated heterocycles. The first-order valence-electron chi connectivity index (χ1n) is 3.55. The number of nitrogen functional groups attached to an aromatic ring is 2. The van der Waals surface area contributed by atoms with Crippen LogP contribution in [-0.2, 0) is 0 Å². The average Bonchev–Trinajstić information content (AvgIpc) is 2.08. The predicted molar refractivity (Wildman–Crippen MR) is 44.5 cm³/mol. The summed E-state index contributed by atoms with van der Waals surface area (Å²) in [5.41, 5.74) is 9.65. The van der Waals surface area contributed by atoms with Crippen molar-refractivity contribution >= 4 is 11.5 Å². The zero-order chi connectivity index (χ0) is 11.6. The van der Waals surface area contributed by atoms with Crippen molar-refractivity contribution in [2.24, 2.45) is 0 Å². The van der Waals surface area contributed by atoms with Gasteiger partial charge in [0, 0.05) is 6.07 Å². The molecule has 15 heavy (non-hydrogen) atoms. The molecule has 0 bridgehead atoms. The van der Waals surface area contributed by atoms with Crippen molar-refractivity contribution in [2.45, 2.75) is 6.36 Å². The number of hydrogen-bond donors (Lipinski definition) is 2. The first kappa shape index (κ1) is 10.9. The van der Waals surface area contributed by atoms with Crippen molar-refractivity contribution in [3.63, 3.8) is 0 Å². The van der Waals surface area contributed by atoms with Crippen molar-refractivity contribution < 1.29 is 17.9 Å². The van der Waals surface area contributed by atoms with Gasteiger partial charge in [-0.15, -0.1) is 13.2 Å². The van der Waals surface area contributed by atoms with Crippen LogP contribution in [0.2, 0.25) is 0 Å². The number of aromatic nitrogens is 1. The molecule has 0 saturated carbocycles. The van der Waals surface area contributed by atoms with E-state index in [-0.39, 0.29) is 11.4 Å². The van der Waals surface area contributed by atoms with Crippen molar-refractivity contribution in [2.75, 3.05) is 11.5 Å². The normalized spacial score (nSPS) is 10.8. The highest BCUT2D eigenvalue weighted by molar-refractivity contribution is 5.63. The first-order chi connectivity index (χ1) is 6.83. The van der Waals surface area contributed by atoms with Gasteiger partial charge >= 0.3 is 6.36 Å². The minimum atomic E-state index is -4.93. The van der Waals surface area contributed by atoms with Gasteiger partial charge in [0.25, 0.3) is 0 Å². The van der Waals surface area contributed by atoms with Crippen molar-refractivity contribution in [3.8, 4) is 11.9 Å². The lowest BCUT2D eigenvalue weighted by Gasteiger charge is -2.10. The van der Waals surface area contributed by atoms with E-state index in [0.29, 0.717) is 0 Å². The molecule has 0 atom stereocenters. The monoisotopic (exact) mass is 218 g/mol. The lowest BCUT2D eigenvalue weighted by atomic mass is 10.2. The van der Waals surface area contributed by atoms with E-state index in [1.165, 1.54) is 0 Å².